The van der Waals surface area contributed by atoms with Crippen LogP contribution in [0.2, 0.25) is 0 Å². The highest BCUT2D eigenvalue weighted by Gasteiger charge is 2.33. The number of aliphatic carboxylic acids is 1. The van der Waals surface area contributed by atoms with E-state index in [1.165, 1.54) is 11.1 Å². The molecule has 3 N–H and O–H groups in total. The number of carboxylic acids is 1. The Morgan fingerprint density at radius 1 is 0.971 bits per heavy atom. The van der Waals surface area contributed by atoms with Crippen molar-refractivity contribution in [2.75, 3.05) is 6.61 Å². The van der Waals surface area contributed by atoms with Crippen molar-refractivity contribution in [1.29, 1.82) is 0 Å². The summed E-state index contributed by atoms with van der Waals surface area (Å²) in [5.74, 6) is -1.59. The van der Waals surface area contributed by atoms with Gasteiger partial charge in [0, 0.05) is 23.9 Å². The van der Waals surface area contributed by atoms with Crippen LogP contribution >= 0.6 is 0 Å². The van der Waals surface area contributed by atoms with Gasteiger partial charge in [0.15, 0.2) is 0 Å². The number of benzene rings is 2. The fraction of sp³-hybridized carbons (Fsp3) is 0.464. The van der Waals surface area contributed by atoms with E-state index in [2.05, 4.69) is 34.9 Å². The number of hydrogen-bond acceptors (Lipinski definition) is 4. The SMILES string of the molecule is CC(C)(CCC(=O)N[C@@H]1CCCC[C@@H]1C(=O)O)NC(=O)OCC1c2ccccc2-c2ccccc21. The number of fused-ring (bicyclic) bond motifs is 3. The molecule has 2 amide bonds. The van der Waals surface area contributed by atoms with Crippen LogP contribution in [0.15, 0.2) is 48.5 Å². The quantitative estimate of drug-likeness (QED) is 0.503. The van der Waals surface area contributed by atoms with Crippen LogP contribution in [-0.4, -0.2) is 41.3 Å². The number of carboxylic acid groups (broad SMARTS) is 1. The Morgan fingerprint density at radius 2 is 1.57 bits per heavy atom. The molecule has 0 unspecified atom stereocenters. The van der Waals surface area contributed by atoms with E-state index in [0.717, 1.165) is 24.0 Å². The number of amides is 2. The van der Waals surface area contributed by atoms with Gasteiger partial charge in [0.05, 0.1) is 5.92 Å². The van der Waals surface area contributed by atoms with E-state index >= 15 is 0 Å². The molecule has 7 heteroatoms. The van der Waals surface area contributed by atoms with E-state index in [1.54, 1.807) is 0 Å². The Labute approximate surface area is 206 Å². The van der Waals surface area contributed by atoms with Crippen molar-refractivity contribution in [2.45, 2.75) is 69.9 Å². The van der Waals surface area contributed by atoms with Gasteiger partial charge in [-0.1, -0.05) is 61.4 Å². The van der Waals surface area contributed by atoms with Gasteiger partial charge in [-0.05, 0) is 55.4 Å². The fourth-order valence-electron chi connectivity index (χ4n) is 5.28. The average molecular weight is 479 g/mol. The number of carbonyl (C=O) groups is 3. The summed E-state index contributed by atoms with van der Waals surface area (Å²) in [6, 6.07) is 16.0. The molecule has 0 heterocycles. The van der Waals surface area contributed by atoms with Gasteiger partial charge in [0.1, 0.15) is 6.61 Å². The van der Waals surface area contributed by atoms with Crippen LogP contribution in [0.25, 0.3) is 11.1 Å². The second kappa shape index (κ2) is 10.5. The third kappa shape index (κ3) is 5.84. The first-order chi connectivity index (χ1) is 16.7. The molecule has 2 atom stereocenters. The highest BCUT2D eigenvalue weighted by Crippen LogP contribution is 2.44. The van der Waals surface area contributed by atoms with Crippen LogP contribution in [0.4, 0.5) is 4.79 Å². The highest BCUT2D eigenvalue weighted by atomic mass is 16.5. The summed E-state index contributed by atoms with van der Waals surface area (Å²) in [4.78, 5) is 36.6. The van der Waals surface area contributed by atoms with Crippen molar-refractivity contribution in [3.63, 3.8) is 0 Å². The molecule has 186 valence electrons. The number of alkyl carbamates (subject to hydrolysis) is 1. The number of carbonyl (C=O) groups excluding carboxylic acids is 2. The third-order valence-electron chi connectivity index (χ3n) is 7.19. The van der Waals surface area contributed by atoms with Crippen molar-refractivity contribution in [3.8, 4) is 11.1 Å². The molecule has 2 aromatic rings. The lowest BCUT2D eigenvalue weighted by molar-refractivity contribution is -0.144. The lowest BCUT2D eigenvalue weighted by Gasteiger charge is -2.30. The van der Waals surface area contributed by atoms with Crippen LogP contribution < -0.4 is 10.6 Å². The summed E-state index contributed by atoms with van der Waals surface area (Å²) >= 11 is 0. The van der Waals surface area contributed by atoms with Crippen LogP contribution in [0.5, 0.6) is 0 Å². The van der Waals surface area contributed by atoms with Crippen molar-refractivity contribution in [1.82, 2.24) is 10.6 Å². The topological polar surface area (TPSA) is 105 Å². The molecule has 2 aliphatic carbocycles. The van der Waals surface area contributed by atoms with Gasteiger partial charge >= 0.3 is 12.1 Å². The lowest BCUT2D eigenvalue weighted by atomic mass is 9.84. The van der Waals surface area contributed by atoms with Gasteiger partial charge in [0.2, 0.25) is 5.91 Å². The molecule has 7 nitrogen and oxygen atoms in total. The van der Waals surface area contributed by atoms with Crippen LogP contribution in [0.1, 0.15) is 69.4 Å². The Bertz CT molecular complexity index is 1050. The zero-order valence-corrected chi connectivity index (χ0v) is 20.4. The Kier molecular flexibility index (Phi) is 7.43. The lowest BCUT2D eigenvalue weighted by Crippen LogP contribution is -2.47. The number of rotatable bonds is 8. The van der Waals surface area contributed by atoms with E-state index in [0.29, 0.717) is 19.3 Å². The molecule has 0 aliphatic heterocycles. The monoisotopic (exact) mass is 478 g/mol. The average Bonchev–Trinajstić information content (AvgIpc) is 3.15. The van der Waals surface area contributed by atoms with E-state index in [4.69, 9.17) is 4.74 Å². The summed E-state index contributed by atoms with van der Waals surface area (Å²) in [5, 5.41) is 15.2. The molecule has 2 aromatic carbocycles. The molecule has 0 bridgehead atoms. The van der Waals surface area contributed by atoms with Gasteiger partial charge in [-0.2, -0.15) is 0 Å². The Hall–Kier alpha value is -3.35. The molecule has 2 aliphatic rings. The first kappa shape index (κ1) is 24.8. The van der Waals surface area contributed by atoms with Crippen molar-refractivity contribution < 1.29 is 24.2 Å². The molecule has 0 radical (unpaired) electrons. The minimum Gasteiger partial charge on any atom is -0.481 e. The minimum atomic E-state index is -0.854. The van der Waals surface area contributed by atoms with E-state index in [1.807, 2.05) is 38.1 Å². The van der Waals surface area contributed by atoms with Gasteiger partial charge < -0.3 is 20.5 Å². The van der Waals surface area contributed by atoms with E-state index in [9.17, 15) is 19.5 Å². The van der Waals surface area contributed by atoms with Crippen LogP contribution in [0, 0.1) is 5.92 Å². The van der Waals surface area contributed by atoms with Gasteiger partial charge in [-0.25, -0.2) is 4.79 Å². The third-order valence-corrected chi connectivity index (χ3v) is 7.19. The number of hydrogen-bond donors (Lipinski definition) is 3. The molecule has 4 rings (SSSR count). The number of ether oxygens (including phenoxy) is 1. The zero-order valence-electron chi connectivity index (χ0n) is 20.4. The first-order valence-corrected chi connectivity index (χ1v) is 12.4. The molecular formula is C28H34N2O5. The van der Waals surface area contributed by atoms with E-state index < -0.39 is 23.5 Å². The van der Waals surface area contributed by atoms with Crippen LogP contribution in [0.3, 0.4) is 0 Å². The van der Waals surface area contributed by atoms with Gasteiger partial charge in [-0.3, -0.25) is 9.59 Å². The first-order valence-electron chi connectivity index (χ1n) is 12.4. The molecule has 0 saturated heterocycles. The smallest absolute Gasteiger partial charge is 0.407 e. The highest BCUT2D eigenvalue weighted by molar-refractivity contribution is 5.79. The number of nitrogens with one attached hydrogen (secondary N) is 2. The second-order valence-corrected chi connectivity index (χ2v) is 10.2. The molecule has 1 fully saturated rings. The molecular weight excluding hydrogens is 444 g/mol. The fourth-order valence-corrected chi connectivity index (χ4v) is 5.28. The Balaban J connectivity index is 1.27. The summed E-state index contributed by atoms with van der Waals surface area (Å²) in [6.07, 6.45) is 3.16. The summed E-state index contributed by atoms with van der Waals surface area (Å²) in [7, 11) is 0. The summed E-state index contributed by atoms with van der Waals surface area (Å²) < 4.78 is 5.63. The Morgan fingerprint density at radius 3 is 2.20 bits per heavy atom. The maximum atomic E-state index is 12.6. The predicted octanol–water partition coefficient (Wildman–Crippen LogP) is 4.84. The predicted molar refractivity (Wildman–Crippen MR) is 133 cm³/mol. The normalized spacial score (nSPS) is 19.4. The maximum Gasteiger partial charge on any atom is 0.407 e. The second-order valence-electron chi connectivity index (χ2n) is 10.2. The van der Waals surface area contributed by atoms with E-state index in [-0.39, 0.29) is 30.9 Å². The summed E-state index contributed by atoms with van der Waals surface area (Å²) in [6.45, 7) is 3.93. The molecule has 0 aromatic heterocycles. The van der Waals surface area contributed by atoms with Crippen molar-refractivity contribution in [2.24, 2.45) is 5.92 Å². The summed E-state index contributed by atoms with van der Waals surface area (Å²) in [5.41, 5.74) is 4.00. The zero-order chi connectivity index (χ0) is 25.0. The van der Waals surface area contributed by atoms with Crippen molar-refractivity contribution in [3.05, 3.63) is 59.7 Å². The van der Waals surface area contributed by atoms with Gasteiger partial charge in [0.25, 0.3) is 0 Å². The van der Waals surface area contributed by atoms with Gasteiger partial charge in [-0.15, -0.1) is 0 Å². The minimum absolute atomic E-state index is 0.0142. The molecule has 35 heavy (non-hydrogen) atoms. The standard InChI is InChI=1S/C28H34N2O5/c1-28(2,16-15-25(31)29-24-14-8-7-13-22(24)26(32)33)30-27(34)35-17-23-20-11-5-3-9-18(20)19-10-4-6-12-21(19)23/h3-6,9-12,22-24H,7-8,13-17H2,1-2H3,(H,29,31)(H,30,34)(H,32,33)/t22-,24+/m0/s1. The molecule has 1 saturated carbocycles. The van der Waals surface area contributed by atoms with Crippen LogP contribution in [-0.2, 0) is 14.3 Å². The largest absolute Gasteiger partial charge is 0.481 e. The molecule has 0 spiro atoms. The maximum absolute atomic E-state index is 12.6. The van der Waals surface area contributed by atoms with Crippen molar-refractivity contribution >= 4 is 18.0 Å².